The third-order valence-corrected chi connectivity index (χ3v) is 5.66. The first kappa shape index (κ1) is 18.6. The van der Waals surface area contributed by atoms with E-state index in [9.17, 15) is 9.59 Å². The van der Waals surface area contributed by atoms with Crippen molar-refractivity contribution >= 4 is 17.5 Å². The van der Waals surface area contributed by atoms with Crippen LogP contribution in [-0.4, -0.2) is 48.9 Å². The van der Waals surface area contributed by atoms with Crippen LogP contribution in [0.1, 0.15) is 30.0 Å². The lowest BCUT2D eigenvalue weighted by Crippen LogP contribution is -2.62. The zero-order chi connectivity index (χ0) is 19.7. The number of carbonyl (C=O) groups excluding carboxylic acids is 2. The highest BCUT2D eigenvalue weighted by Gasteiger charge is 2.42. The molecule has 2 amide bonds. The highest BCUT2D eigenvalue weighted by molar-refractivity contribution is 5.92. The number of amides is 2. The Labute approximate surface area is 165 Å². The van der Waals surface area contributed by atoms with Gasteiger partial charge in [-0.2, -0.15) is 0 Å². The van der Waals surface area contributed by atoms with Crippen molar-refractivity contribution in [3.63, 3.8) is 0 Å². The minimum absolute atomic E-state index is 0.0327. The minimum atomic E-state index is -0.180. The Morgan fingerprint density at radius 3 is 2.75 bits per heavy atom. The van der Waals surface area contributed by atoms with Crippen LogP contribution in [0, 0.1) is 11.8 Å². The average Bonchev–Trinajstić information content (AvgIpc) is 3.25. The summed E-state index contributed by atoms with van der Waals surface area (Å²) in [4.78, 5) is 29.9. The van der Waals surface area contributed by atoms with Crippen LogP contribution in [0.15, 0.2) is 47.1 Å². The minimum Gasteiger partial charge on any atom is -0.459 e. The summed E-state index contributed by atoms with van der Waals surface area (Å²) in [6.45, 7) is 6.69. The molecule has 1 aromatic heterocycles. The fourth-order valence-electron chi connectivity index (χ4n) is 4.23. The molecule has 1 saturated heterocycles. The topological polar surface area (TPSA) is 65.8 Å². The molecule has 2 aliphatic heterocycles. The van der Waals surface area contributed by atoms with Gasteiger partial charge < -0.3 is 19.5 Å². The highest BCUT2D eigenvalue weighted by atomic mass is 16.3. The normalized spacial score (nSPS) is 21.2. The van der Waals surface area contributed by atoms with Gasteiger partial charge in [0.1, 0.15) is 0 Å². The van der Waals surface area contributed by atoms with Crippen LogP contribution in [0.4, 0.5) is 5.69 Å². The fourth-order valence-corrected chi connectivity index (χ4v) is 4.23. The monoisotopic (exact) mass is 381 g/mol. The lowest BCUT2D eigenvalue weighted by Gasteiger charge is -2.49. The van der Waals surface area contributed by atoms with Gasteiger partial charge in [0.15, 0.2) is 5.76 Å². The standard InChI is InChI=1S/C22H27N3O3/c1-15(2)13-23-21(26)17-12-16-6-3-4-7-18(16)25-10-9-24(14-19(17)25)22(27)20-8-5-11-28-20/h3-8,11,15,17,19H,9-10,12-14H2,1-2H3,(H,23,26). The van der Waals surface area contributed by atoms with Crippen molar-refractivity contribution in [2.45, 2.75) is 26.3 Å². The smallest absolute Gasteiger partial charge is 0.289 e. The molecular weight excluding hydrogens is 354 g/mol. The molecule has 2 unspecified atom stereocenters. The number of benzene rings is 1. The number of hydrogen-bond donors (Lipinski definition) is 1. The number of nitrogens with zero attached hydrogens (tertiary/aromatic N) is 2. The Morgan fingerprint density at radius 2 is 2.00 bits per heavy atom. The predicted molar refractivity (Wildman–Crippen MR) is 107 cm³/mol. The Balaban J connectivity index is 1.59. The van der Waals surface area contributed by atoms with Crippen LogP contribution in [0.25, 0.3) is 0 Å². The predicted octanol–water partition coefficient (Wildman–Crippen LogP) is 2.56. The number of anilines is 1. The lowest BCUT2D eigenvalue weighted by molar-refractivity contribution is -0.126. The molecule has 6 heteroatoms. The fraction of sp³-hybridized carbons (Fsp3) is 0.455. The van der Waals surface area contributed by atoms with Crippen molar-refractivity contribution in [1.29, 1.82) is 0 Å². The van der Waals surface area contributed by atoms with Crippen molar-refractivity contribution < 1.29 is 14.0 Å². The quantitative estimate of drug-likeness (QED) is 0.884. The van der Waals surface area contributed by atoms with Crippen LogP contribution in [-0.2, 0) is 11.2 Å². The molecule has 0 bridgehead atoms. The van der Waals surface area contributed by atoms with E-state index in [1.165, 1.54) is 17.5 Å². The van der Waals surface area contributed by atoms with E-state index < -0.39 is 0 Å². The van der Waals surface area contributed by atoms with E-state index in [2.05, 4.69) is 36.2 Å². The first-order valence-electron chi connectivity index (χ1n) is 9.99. The number of carbonyl (C=O) groups is 2. The van der Waals surface area contributed by atoms with Gasteiger partial charge in [-0.25, -0.2) is 0 Å². The van der Waals surface area contributed by atoms with Gasteiger partial charge in [-0.05, 0) is 36.1 Å². The third kappa shape index (κ3) is 3.51. The molecule has 28 heavy (non-hydrogen) atoms. The molecule has 148 valence electrons. The number of piperazine rings is 1. The maximum Gasteiger partial charge on any atom is 0.289 e. The number of rotatable bonds is 4. The van der Waals surface area contributed by atoms with Crippen LogP contribution in [0.5, 0.6) is 0 Å². The van der Waals surface area contributed by atoms with Crippen LogP contribution in [0.2, 0.25) is 0 Å². The molecule has 4 rings (SSSR count). The SMILES string of the molecule is CC(C)CNC(=O)C1Cc2ccccc2N2CCN(C(=O)c3ccco3)CC12. The lowest BCUT2D eigenvalue weighted by atomic mass is 9.83. The molecule has 6 nitrogen and oxygen atoms in total. The molecule has 0 aliphatic carbocycles. The molecule has 2 aromatic rings. The first-order chi connectivity index (χ1) is 13.5. The zero-order valence-corrected chi connectivity index (χ0v) is 16.4. The van der Waals surface area contributed by atoms with Crippen molar-refractivity contribution in [2.75, 3.05) is 31.1 Å². The van der Waals surface area contributed by atoms with Gasteiger partial charge in [-0.1, -0.05) is 32.0 Å². The summed E-state index contributed by atoms with van der Waals surface area (Å²) < 4.78 is 5.30. The van der Waals surface area contributed by atoms with E-state index in [4.69, 9.17) is 4.42 Å². The van der Waals surface area contributed by atoms with E-state index in [-0.39, 0.29) is 23.8 Å². The number of fused-ring (bicyclic) bond motifs is 3. The average molecular weight is 381 g/mol. The van der Waals surface area contributed by atoms with E-state index in [1.54, 1.807) is 12.1 Å². The summed E-state index contributed by atoms with van der Waals surface area (Å²) in [5.74, 6) is 0.543. The maximum atomic E-state index is 13.0. The summed E-state index contributed by atoms with van der Waals surface area (Å²) in [5, 5.41) is 3.10. The summed E-state index contributed by atoms with van der Waals surface area (Å²) >= 11 is 0. The molecule has 3 heterocycles. The Bertz CT molecular complexity index is 846. The van der Waals surface area contributed by atoms with E-state index in [0.29, 0.717) is 44.3 Å². The van der Waals surface area contributed by atoms with Gasteiger partial charge in [0.2, 0.25) is 5.91 Å². The van der Waals surface area contributed by atoms with E-state index in [0.717, 1.165) is 0 Å². The zero-order valence-electron chi connectivity index (χ0n) is 16.4. The van der Waals surface area contributed by atoms with E-state index in [1.807, 2.05) is 17.0 Å². The van der Waals surface area contributed by atoms with Gasteiger partial charge in [-0.3, -0.25) is 9.59 Å². The number of para-hydroxylation sites is 1. The Hall–Kier alpha value is -2.76. The molecule has 1 N–H and O–H groups in total. The van der Waals surface area contributed by atoms with Crippen LogP contribution in [0.3, 0.4) is 0 Å². The number of furan rings is 1. The molecular formula is C22H27N3O3. The summed E-state index contributed by atoms with van der Waals surface area (Å²) in [6.07, 6.45) is 2.21. The summed E-state index contributed by atoms with van der Waals surface area (Å²) in [5.41, 5.74) is 2.39. The Kier molecular flexibility index (Phi) is 5.11. The second-order valence-corrected chi connectivity index (χ2v) is 8.07. The molecule has 2 aliphatic rings. The second kappa shape index (κ2) is 7.70. The first-order valence-corrected chi connectivity index (χ1v) is 9.99. The molecule has 0 saturated carbocycles. The van der Waals surface area contributed by atoms with Gasteiger partial charge >= 0.3 is 0 Å². The maximum absolute atomic E-state index is 13.0. The number of hydrogen-bond acceptors (Lipinski definition) is 4. The van der Waals surface area contributed by atoms with Gasteiger partial charge in [-0.15, -0.1) is 0 Å². The number of nitrogens with one attached hydrogen (secondary N) is 1. The van der Waals surface area contributed by atoms with Crippen LogP contribution >= 0.6 is 0 Å². The van der Waals surface area contributed by atoms with Crippen LogP contribution < -0.4 is 10.2 Å². The molecule has 2 atom stereocenters. The molecule has 1 aromatic carbocycles. The summed E-state index contributed by atoms with van der Waals surface area (Å²) in [7, 11) is 0. The molecule has 0 radical (unpaired) electrons. The van der Waals surface area contributed by atoms with E-state index >= 15 is 0 Å². The van der Waals surface area contributed by atoms with Crippen molar-refractivity contribution in [3.8, 4) is 0 Å². The highest BCUT2D eigenvalue weighted by Crippen LogP contribution is 2.36. The third-order valence-electron chi connectivity index (χ3n) is 5.66. The van der Waals surface area contributed by atoms with Gasteiger partial charge in [0.25, 0.3) is 5.91 Å². The van der Waals surface area contributed by atoms with Crippen molar-refractivity contribution in [1.82, 2.24) is 10.2 Å². The largest absolute Gasteiger partial charge is 0.459 e. The van der Waals surface area contributed by atoms with Crippen molar-refractivity contribution in [3.05, 3.63) is 54.0 Å². The molecule has 1 fully saturated rings. The van der Waals surface area contributed by atoms with Crippen molar-refractivity contribution in [2.24, 2.45) is 11.8 Å². The molecule has 0 spiro atoms. The van der Waals surface area contributed by atoms with Gasteiger partial charge in [0, 0.05) is 31.9 Å². The Morgan fingerprint density at radius 1 is 1.18 bits per heavy atom. The van der Waals surface area contributed by atoms with Gasteiger partial charge in [0.05, 0.1) is 18.2 Å². The second-order valence-electron chi connectivity index (χ2n) is 8.07. The summed E-state index contributed by atoms with van der Waals surface area (Å²) in [6, 6.07) is 11.7.